The maximum Gasteiger partial charge on any atom is 0.221 e. The zero-order valence-corrected chi connectivity index (χ0v) is 14.3. The predicted octanol–water partition coefficient (Wildman–Crippen LogP) is 3.78. The van der Waals surface area contributed by atoms with Crippen LogP contribution < -0.4 is 10.1 Å². The van der Waals surface area contributed by atoms with Crippen LogP contribution in [0.2, 0.25) is 0 Å². The van der Waals surface area contributed by atoms with Crippen molar-refractivity contribution in [2.75, 3.05) is 7.11 Å². The first-order valence-corrected chi connectivity index (χ1v) is 8.53. The molecule has 1 aromatic carbocycles. The topological polar surface area (TPSA) is 51.2 Å². The maximum absolute atomic E-state index is 12.5. The average molecular weight is 324 g/mol. The summed E-state index contributed by atoms with van der Waals surface area (Å²) in [6, 6.07) is 10.1. The van der Waals surface area contributed by atoms with Crippen LogP contribution in [0.5, 0.6) is 5.75 Å². The largest absolute Gasteiger partial charge is 0.497 e. The van der Waals surface area contributed by atoms with Gasteiger partial charge in [0, 0.05) is 18.8 Å². The van der Waals surface area contributed by atoms with E-state index in [0.717, 1.165) is 30.6 Å². The Bertz CT molecular complexity index is 700. The fraction of sp³-hybridized carbons (Fsp3) is 0.400. The van der Waals surface area contributed by atoms with Gasteiger partial charge in [-0.2, -0.15) is 0 Å². The molecule has 3 rings (SSSR count). The van der Waals surface area contributed by atoms with Crippen molar-refractivity contribution >= 4 is 5.91 Å². The summed E-state index contributed by atoms with van der Waals surface area (Å²) in [5.74, 6) is 1.28. The number of carbonyl (C=O) groups excluding carboxylic acids is 1. The molecule has 1 aliphatic carbocycles. The lowest BCUT2D eigenvalue weighted by Gasteiger charge is -2.26. The Labute approximate surface area is 143 Å². The molecule has 0 radical (unpaired) electrons. The van der Waals surface area contributed by atoms with Gasteiger partial charge in [-0.15, -0.1) is 0 Å². The van der Waals surface area contributed by atoms with E-state index in [1.807, 2.05) is 25.1 Å². The first kappa shape index (κ1) is 16.5. The van der Waals surface area contributed by atoms with Crippen LogP contribution in [0, 0.1) is 0 Å². The highest BCUT2D eigenvalue weighted by atomic mass is 16.5. The number of nitrogens with one attached hydrogen (secondary N) is 1. The number of aryl methyl sites for hydroxylation is 1. The number of ether oxygens (including phenoxy) is 1. The van der Waals surface area contributed by atoms with Crippen LogP contribution in [0.3, 0.4) is 0 Å². The predicted molar refractivity (Wildman–Crippen MR) is 94.1 cm³/mol. The van der Waals surface area contributed by atoms with Gasteiger partial charge < -0.3 is 10.1 Å². The Morgan fingerprint density at radius 3 is 3.04 bits per heavy atom. The molecule has 1 aliphatic rings. The molecule has 4 heteroatoms. The lowest BCUT2D eigenvalue weighted by Crippen LogP contribution is -2.28. The number of fused-ring (bicyclic) bond motifs is 1. The quantitative estimate of drug-likeness (QED) is 0.910. The number of methoxy groups -OCH3 is 1. The van der Waals surface area contributed by atoms with Gasteiger partial charge in [0.05, 0.1) is 13.2 Å². The van der Waals surface area contributed by atoms with Gasteiger partial charge >= 0.3 is 0 Å². The summed E-state index contributed by atoms with van der Waals surface area (Å²) >= 11 is 0. The second kappa shape index (κ2) is 7.47. The van der Waals surface area contributed by atoms with Gasteiger partial charge in [0.15, 0.2) is 0 Å². The third kappa shape index (κ3) is 3.75. The van der Waals surface area contributed by atoms with Crippen molar-refractivity contribution in [2.24, 2.45) is 0 Å². The molecule has 126 valence electrons. The number of aromatic nitrogens is 1. The normalized spacial score (nSPS) is 17.7. The molecule has 0 aliphatic heterocycles. The van der Waals surface area contributed by atoms with Crippen molar-refractivity contribution in [1.29, 1.82) is 0 Å². The van der Waals surface area contributed by atoms with Crippen molar-refractivity contribution in [3.05, 3.63) is 59.4 Å². The number of hydrogen-bond acceptors (Lipinski definition) is 3. The molecule has 0 saturated heterocycles. The Kier molecular flexibility index (Phi) is 5.14. The number of amides is 1. The van der Waals surface area contributed by atoms with Crippen molar-refractivity contribution in [2.45, 2.75) is 44.6 Å². The molecule has 0 bridgehead atoms. The molecular weight excluding hydrogens is 300 g/mol. The number of carbonyl (C=O) groups is 1. The van der Waals surface area contributed by atoms with Gasteiger partial charge in [-0.1, -0.05) is 12.1 Å². The van der Waals surface area contributed by atoms with Gasteiger partial charge in [-0.25, -0.2) is 0 Å². The number of pyridine rings is 1. The average Bonchev–Trinajstić information content (AvgIpc) is 2.62. The molecule has 0 unspecified atom stereocenters. The summed E-state index contributed by atoms with van der Waals surface area (Å²) in [5, 5.41) is 3.09. The second-order valence-electron chi connectivity index (χ2n) is 6.43. The number of nitrogens with zero attached hydrogens (tertiary/aromatic N) is 1. The molecule has 1 heterocycles. The summed E-state index contributed by atoms with van der Waals surface area (Å²) in [7, 11) is 1.69. The van der Waals surface area contributed by atoms with Crippen molar-refractivity contribution in [3.8, 4) is 5.75 Å². The van der Waals surface area contributed by atoms with Crippen LogP contribution in [-0.4, -0.2) is 18.0 Å². The maximum atomic E-state index is 12.5. The number of hydrogen-bond donors (Lipinski definition) is 1. The third-order valence-electron chi connectivity index (χ3n) is 4.78. The van der Waals surface area contributed by atoms with E-state index in [4.69, 9.17) is 4.74 Å². The van der Waals surface area contributed by atoms with Gasteiger partial charge in [0.25, 0.3) is 0 Å². The fourth-order valence-corrected chi connectivity index (χ4v) is 3.47. The smallest absolute Gasteiger partial charge is 0.221 e. The van der Waals surface area contributed by atoms with E-state index in [0.29, 0.717) is 12.3 Å². The lowest BCUT2D eigenvalue weighted by atomic mass is 9.81. The molecular formula is C20H24N2O2. The van der Waals surface area contributed by atoms with Crippen LogP contribution in [0.25, 0.3) is 0 Å². The van der Waals surface area contributed by atoms with Crippen molar-refractivity contribution in [1.82, 2.24) is 10.3 Å². The minimum absolute atomic E-state index is 0.0230. The molecule has 2 aromatic rings. The number of benzene rings is 1. The van der Waals surface area contributed by atoms with Gasteiger partial charge in [0.2, 0.25) is 5.91 Å². The van der Waals surface area contributed by atoms with Crippen LogP contribution >= 0.6 is 0 Å². The van der Waals surface area contributed by atoms with E-state index in [-0.39, 0.29) is 11.9 Å². The molecule has 1 amide bonds. The molecule has 1 N–H and O–H groups in total. The Hall–Kier alpha value is -2.36. The zero-order chi connectivity index (χ0) is 16.9. The Morgan fingerprint density at radius 2 is 2.29 bits per heavy atom. The summed E-state index contributed by atoms with van der Waals surface area (Å²) in [4.78, 5) is 16.6. The Morgan fingerprint density at radius 1 is 1.42 bits per heavy atom. The van der Waals surface area contributed by atoms with Crippen LogP contribution in [0.15, 0.2) is 42.7 Å². The third-order valence-corrected chi connectivity index (χ3v) is 4.78. The van der Waals surface area contributed by atoms with Crippen LogP contribution in [0.1, 0.15) is 54.8 Å². The first-order valence-electron chi connectivity index (χ1n) is 8.53. The van der Waals surface area contributed by atoms with Crippen LogP contribution in [-0.2, 0) is 11.2 Å². The highest BCUT2D eigenvalue weighted by Gasteiger charge is 2.23. The van der Waals surface area contributed by atoms with Crippen molar-refractivity contribution < 1.29 is 9.53 Å². The van der Waals surface area contributed by atoms with E-state index in [2.05, 4.69) is 22.4 Å². The highest BCUT2D eigenvalue weighted by Crippen LogP contribution is 2.35. The van der Waals surface area contributed by atoms with Gasteiger partial charge in [0.1, 0.15) is 5.75 Å². The molecule has 4 nitrogen and oxygen atoms in total. The lowest BCUT2D eigenvalue weighted by molar-refractivity contribution is -0.122. The zero-order valence-electron chi connectivity index (χ0n) is 14.3. The highest BCUT2D eigenvalue weighted by molar-refractivity contribution is 5.77. The van der Waals surface area contributed by atoms with E-state index < -0.39 is 0 Å². The minimum atomic E-state index is -0.0230. The summed E-state index contributed by atoms with van der Waals surface area (Å²) in [5.41, 5.74) is 3.64. The van der Waals surface area contributed by atoms with E-state index >= 15 is 0 Å². The Balaban J connectivity index is 1.65. The fourth-order valence-electron chi connectivity index (χ4n) is 3.47. The standard InChI is InChI=1S/C20H24N2O2/c1-14(17-7-4-10-21-13-17)22-20(23)12-16-6-3-5-15-11-18(24-2)8-9-19(15)16/h4,7-11,13-14,16H,3,5-6,12H2,1-2H3,(H,22,23)/t14-,16+/m0/s1. The molecule has 0 spiro atoms. The van der Waals surface area contributed by atoms with E-state index in [1.54, 1.807) is 19.5 Å². The summed E-state index contributed by atoms with van der Waals surface area (Å²) in [6.07, 6.45) is 7.32. The van der Waals surface area contributed by atoms with Gasteiger partial charge in [-0.3, -0.25) is 9.78 Å². The first-order chi connectivity index (χ1) is 11.7. The van der Waals surface area contributed by atoms with Gasteiger partial charge in [-0.05, 0) is 67.0 Å². The molecule has 1 aromatic heterocycles. The monoisotopic (exact) mass is 324 g/mol. The SMILES string of the molecule is COc1ccc2c(c1)CCC[C@@H]2CC(=O)N[C@@H](C)c1cccnc1. The van der Waals surface area contributed by atoms with E-state index in [1.165, 1.54) is 11.1 Å². The van der Waals surface area contributed by atoms with Crippen LogP contribution in [0.4, 0.5) is 0 Å². The minimum Gasteiger partial charge on any atom is -0.497 e. The number of rotatable bonds is 5. The molecule has 24 heavy (non-hydrogen) atoms. The summed E-state index contributed by atoms with van der Waals surface area (Å²) in [6.45, 7) is 1.99. The van der Waals surface area contributed by atoms with E-state index in [9.17, 15) is 4.79 Å². The second-order valence-corrected chi connectivity index (χ2v) is 6.43. The molecule has 0 saturated carbocycles. The summed E-state index contributed by atoms with van der Waals surface area (Å²) < 4.78 is 5.31. The molecule has 2 atom stereocenters. The molecule has 0 fully saturated rings. The van der Waals surface area contributed by atoms with Crippen molar-refractivity contribution in [3.63, 3.8) is 0 Å².